The van der Waals surface area contributed by atoms with Crippen LogP contribution in [0, 0.1) is 5.92 Å². The Morgan fingerprint density at radius 1 is 1.15 bits per heavy atom. The SMILES string of the molecule is Cn1nc(-c2ccccc2)c2c1CCN(C(=O)[C@H]1C[C@@H]3CC[C@H]1O3)CC2. The number of hydrogen-bond acceptors (Lipinski definition) is 3. The fourth-order valence-electron chi connectivity index (χ4n) is 4.96. The predicted molar refractivity (Wildman–Crippen MR) is 98.6 cm³/mol. The molecule has 2 saturated heterocycles. The van der Waals surface area contributed by atoms with Crippen LogP contribution in [0.2, 0.25) is 0 Å². The van der Waals surface area contributed by atoms with Crippen molar-refractivity contribution in [2.75, 3.05) is 13.1 Å². The Kier molecular flexibility index (Phi) is 3.85. The number of aryl methyl sites for hydroxylation is 1. The molecule has 5 rings (SSSR count). The summed E-state index contributed by atoms with van der Waals surface area (Å²) in [4.78, 5) is 15.2. The fourth-order valence-corrected chi connectivity index (χ4v) is 4.96. The molecule has 1 aromatic heterocycles. The first-order valence-corrected chi connectivity index (χ1v) is 9.75. The number of fused-ring (bicyclic) bond motifs is 3. The van der Waals surface area contributed by atoms with Crippen molar-refractivity contribution in [2.24, 2.45) is 13.0 Å². The number of ether oxygens (including phenoxy) is 1. The third-order valence-corrected chi connectivity index (χ3v) is 6.31. The molecule has 3 aliphatic rings. The van der Waals surface area contributed by atoms with Crippen LogP contribution in [0.3, 0.4) is 0 Å². The molecule has 136 valence electrons. The maximum atomic E-state index is 13.1. The molecule has 0 spiro atoms. The smallest absolute Gasteiger partial charge is 0.228 e. The van der Waals surface area contributed by atoms with Crippen molar-refractivity contribution in [3.05, 3.63) is 41.6 Å². The molecule has 5 heteroatoms. The third kappa shape index (κ3) is 2.57. The van der Waals surface area contributed by atoms with Crippen LogP contribution in [0.15, 0.2) is 30.3 Å². The van der Waals surface area contributed by atoms with Crippen LogP contribution >= 0.6 is 0 Å². The lowest BCUT2D eigenvalue weighted by Crippen LogP contribution is -2.41. The molecular formula is C21H25N3O2. The third-order valence-electron chi connectivity index (χ3n) is 6.31. The van der Waals surface area contributed by atoms with E-state index in [0.29, 0.717) is 12.0 Å². The molecule has 2 bridgehead atoms. The number of rotatable bonds is 2. The summed E-state index contributed by atoms with van der Waals surface area (Å²) in [6.07, 6.45) is 5.35. The van der Waals surface area contributed by atoms with E-state index in [-0.39, 0.29) is 12.0 Å². The van der Waals surface area contributed by atoms with Gasteiger partial charge < -0.3 is 9.64 Å². The van der Waals surface area contributed by atoms with E-state index in [1.54, 1.807) is 0 Å². The Bertz CT molecular complexity index is 829. The van der Waals surface area contributed by atoms with Gasteiger partial charge in [0.2, 0.25) is 5.91 Å². The largest absolute Gasteiger partial charge is 0.374 e. The number of carbonyl (C=O) groups is 1. The Labute approximate surface area is 153 Å². The molecule has 3 aliphatic heterocycles. The summed E-state index contributed by atoms with van der Waals surface area (Å²) in [6, 6.07) is 10.4. The van der Waals surface area contributed by atoms with Gasteiger partial charge in [0, 0.05) is 43.4 Å². The summed E-state index contributed by atoms with van der Waals surface area (Å²) in [7, 11) is 2.02. The molecule has 0 saturated carbocycles. The zero-order valence-corrected chi connectivity index (χ0v) is 15.2. The molecule has 3 atom stereocenters. The van der Waals surface area contributed by atoms with Crippen molar-refractivity contribution in [3.63, 3.8) is 0 Å². The minimum atomic E-state index is 0.0849. The summed E-state index contributed by atoms with van der Waals surface area (Å²) in [5, 5.41) is 4.78. The molecule has 0 unspecified atom stereocenters. The molecule has 2 aromatic rings. The summed E-state index contributed by atoms with van der Waals surface area (Å²) < 4.78 is 7.92. The van der Waals surface area contributed by atoms with Gasteiger partial charge in [-0.15, -0.1) is 0 Å². The zero-order valence-electron chi connectivity index (χ0n) is 15.2. The average molecular weight is 351 g/mol. The minimum Gasteiger partial charge on any atom is -0.374 e. The molecule has 1 amide bonds. The molecule has 1 aromatic carbocycles. The molecule has 4 heterocycles. The van der Waals surface area contributed by atoms with Crippen molar-refractivity contribution in [1.82, 2.24) is 14.7 Å². The maximum absolute atomic E-state index is 13.1. The molecular weight excluding hydrogens is 326 g/mol. The molecule has 0 radical (unpaired) electrons. The molecule has 0 N–H and O–H groups in total. The summed E-state index contributed by atoms with van der Waals surface area (Å²) in [6.45, 7) is 1.57. The first kappa shape index (κ1) is 16.1. The van der Waals surface area contributed by atoms with Crippen LogP contribution in [0.1, 0.15) is 30.5 Å². The lowest BCUT2D eigenvalue weighted by molar-refractivity contribution is -0.137. The Hall–Kier alpha value is -2.14. The van der Waals surface area contributed by atoms with E-state index in [4.69, 9.17) is 9.84 Å². The standard InChI is InChI=1S/C21H25N3O2/c1-23-18-10-12-24(21(25)17-13-15-7-8-19(17)26-15)11-9-16(18)20(22-23)14-5-3-2-4-6-14/h2-6,15,17,19H,7-13H2,1H3/t15-,17-,19+/m0/s1. The number of nitrogens with zero attached hydrogens (tertiary/aromatic N) is 3. The monoisotopic (exact) mass is 351 g/mol. The summed E-state index contributed by atoms with van der Waals surface area (Å²) in [5.74, 6) is 0.390. The topological polar surface area (TPSA) is 47.4 Å². The van der Waals surface area contributed by atoms with E-state index >= 15 is 0 Å². The number of amides is 1. The van der Waals surface area contributed by atoms with Gasteiger partial charge in [-0.25, -0.2) is 0 Å². The maximum Gasteiger partial charge on any atom is 0.228 e. The first-order chi connectivity index (χ1) is 12.7. The van der Waals surface area contributed by atoms with E-state index in [1.165, 1.54) is 11.3 Å². The highest BCUT2D eigenvalue weighted by atomic mass is 16.5. The van der Waals surface area contributed by atoms with Crippen LogP contribution in [-0.4, -0.2) is 45.9 Å². The van der Waals surface area contributed by atoms with Gasteiger partial charge in [-0.3, -0.25) is 9.48 Å². The lowest BCUT2D eigenvalue weighted by Gasteiger charge is -2.27. The van der Waals surface area contributed by atoms with Crippen LogP contribution < -0.4 is 0 Å². The van der Waals surface area contributed by atoms with Crippen LogP contribution in [0.25, 0.3) is 11.3 Å². The second-order valence-electron chi connectivity index (χ2n) is 7.80. The minimum absolute atomic E-state index is 0.0849. The normalized spacial score (nSPS) is 27.4. The molecule has 5 nitrogen and oxygen atoms in total. The van der Waals surface area contributed by atoms with Crippen molar-refractivity contribution < 1.29 is 9.53 Å². The van der Waals surface area contributed by atoms with E-state index in [9.17, 15) is 4.79 Å². The second-order valence-corrected chi connectivity index (χ2v) is 7.80. The Balaban J connectivity index is 1.37. The van der Waals surface area contributed by atoms with E-state index < -0.39 is 0 Å². The lowest BCUT2D eigenvalue weighted by atomic mass is 9.88. The van der Waals surface area contributed by atoms with Crippen molar-refractivity contribution in [3.8, 4) is 11.3 Å². The summed E-state index contributed by atoms with van der Waals surface area (Å²) >= 11 is 0. The van der Waals surface area contributed by atoms with Gasteiger partial charge in [-0.2, -0.15) is 5.10 Å². The zero-order chi connectivity index (χ0) is 17.7. The quantitative estimate of drug-likeness (QED) is 0.835. The second kappa shape index (κ2) is 6.23. The van der Waals surface area contributed by atoms with E-state index in [0.717, 1.165) is 56.5 Å². The average Bonchev–Trinajstić information content (AvgIpc) is 3.33. The molecule has 26 heavy (non-hydrogen) atoms. The Morgan fingerprint density at radius 3 is 2.69 bits per heavy atom. The van der Waals surface area contributed by atoms with Crippen LogP contribution in [-0.2, 0) is 29.4 Å². The highest BCUT2D eigenvalue weighted by Gasteiger charge is 2.45. The van der Waals surface area contributed by atoms with Crippen molar-refractivity contribution in [1.29, 1.82) is 0 Å². The van der Waals surface area contributed by atoms with Crippen LogP contribution in [0.4, 0.5) is 0 Å². The number of hydrogen-bond donors (Lipinski definition) is 0. The van der Waals surface area contributed by atoms with Crippen LogP contribution in [0.5, 0.6) is 0 Å². The fraction of sp³-hybridized carbons (Fsp3) is 0.524. The number of benzene rings is 1. The first-order valence-electron chi connectivity index (χ1n) is 9.75. The van der Waals surface area contributed by atoms with Gasteiger partial charge in [-0.1, -0.05) is 30.3 Å². The van der Waals surface area contributed by atoms with E-state index in [1.807, 2.05) is 17.8 Å². The van der Waals surface area contributed by atoms with E-state index in [2.05, 4.69) is 29.2 Å². The van der Waals surface area contributed by atoms with Gasteiger partial charge in [0.15, 0.2) is 0 Å². The van der Waals surface area contributed by atoms with Gasteiger partial charge >= 0.3 is 0 Å². The highest BCUT2D eigenvalue weighted by Crippen LogP contribution is 2.40. The highest BCUT2D eigenvalue weighted by molar-refractivity contribution is 5.80. The van der Waals surface area contributed by atoms with Crippen molar-refractivity contribution in [2.45, 2.75) is 44.3 Å². The summed E-state index contributed by atoms with van der Waals surface area (Å²) in [5.41, 5.74) is 4.80. The number of carbonyl (C=O) groups excluding carboxylic acids is 1. The van der Waals surface area contributed by atoms with Gasteiger partial charge in [0.05, 0.1) is 23.8 Å². The molecule has 2 fully saturated rings. The predicted octanol–water partition coefficient (Wildman–Crippen LogP) is 2.58. The molecule has 0 aliphatic carbocycles. The van der Waals surface area contributed by atoms with Crippen molar-refractivity contribution >= 4 is 5.91 Å². The van der Waals surface area contributed by atoms with Gasteiger partial charge in [0.1, 0.15) is 0 Å². The van der Waals surface area contributed by atoms with Gasteiger partial charge in [-0.05, 0) is 25.7 Å². The Morgan fingerprint density at radius 2 is 1.96 bits per heavy atom. The van der Waals surface area contributed by atoms with Gasteiger partial charge in [0.25, 0.3) is 0 Å². The number of aromatic nitrogens is 2.